The molecule has 0 bridgehead atoms. The standard InChI is InChI=1S/C7H5NS.C5H10O/c1-2-4-7-6(3-1)5-8-9-7;1-2-3-4-5-6/h1-5H;5H,2-4H2,1H3. The second-order valence-corrected chi connectivity index (χ2v) is 4.01. The first kappa shape index (κ1) is 11.9. The van der Waals surface area contributed by atoms with E-state index >= 15 is 0 Å². The molecule has 2 nitrogen and oxygen atoms in total. The van der Waals surface area contributed by atoms with Crippen LogP contribution < -0.4 is 0 Å². The number of aldehydes is 1. The maximum Gasteiger partial charge on any atom is 0.119 e. The van der Waals surface area contributed by atoms with Gasteiger partial charge in [-0.2, -0.15) is 4.37 Å². The first-order chi connectivity index (χ1) is 7.38. The molecule has 15 heavy (non-hydrogen) atoms. The van der Waals surface area contributed by atoms with Crippen LogP contribution in [0, 0.1) is 0 Å². The number of rotatable bonds is 3. The van der Waals surface area contributed by atoms with Gasteiger partial charge in [0.15, 0.2) is 0 Å². The zero-order chi connectivity index (χ0) is 10.9. The lowest BCUT2D eigenvalue weighted by molar-refractivity contribution is -0.107. The second-order valence-electron chi connectivity index (χ2n) is 3.17. The molecule has 3 heteroatoms. The van der Waals surface area contributed by atoms with E-state index in [9.17, 15) is 4.79 Å². The molecule has 0 aliphatic rings. The van der Waals surface area contributed by atoms with E-state index in [0.717, 1.165) is 25.5 Å². The maximum absolute atomic E-state index is 9.56. The van der Waals surface area contributed by atoms with Gasteiger partial charge in [0.25, 0.3) is 0 Å². The van der Waals surface area contributed by atoms with Crippen LogP contribution in [0.5, 0.6) is 0 Å². The minimum Gasteiger partial charge on any atom is -0.303 e. The second kappa shape index (κ2) is 7.12. The molecule has 1 heterocycles. The molecule has 2 aromatic rings. The highest BCUT2D eigenvalue weighted by atomic mass is 32.1. The van der Waals surface area contributed by atoms with Crippen molar-refractivity contribution in [2.45, 2.75) is 26.2 Å². The fraction of sp³-hybridized carbons (Fsp3) is 0.333. The van der Waals surface area contributed by atoms with Crippen LogP contribution in [0.4, 0.5) is 0 Å². The minimum absolute atomic E-state index is 0.733. The predicted octanol–water partition coefficient (Wildman–Crippen LogP) is 3.67. The highest BCUT2D eigenvalue weighted by Gasteiger charge is 1.89. The van der Waals surface area contributed by atoms with E-state index < -0.39 is 0 Å². The Kier molecular flexibility index (Phi) is 5.63. The smallest absolute Gasteiger partial charge is 0.119 e. The molecular weight excluding hydrogens is 206 g/mol. The Hall–Kier alpha value is -1.22. The third-order valence-electron chi connectivity index (χ3n) is 1.94. The van der Waals surface area contributed by atoms with Gasteiger partial charge in [0, 0.05) is 18.0 Å². The van der Waals surface area contributed by atoms with E-state index in [1.54, 1.807) is 0 Å². The Balaban J connectivity index is 0.000000167. The van der Waals surface area contributed by atoms with Gasteiger partial charge in [0.2, 0.25) is 0 Å². The first-order valence-electron chi connectivity index (χ1n) is 5.11. The van der Waals surface area contributed by atoms with E-state index in [0.29, 0.717) is 0 Å². The summed E-state index contributed by atoms with van der Waals surface area (Å²) in [5.41, 5.74) is 0. The molecule has 0 N–H and O–H groups in total. The third kappa shape index (κ3) is 4.21. The zero-order valence-electron chi connectivity index (χ0n) is 8.85. The van der Waals surface area contributed by atoms with Gasteiger partial charge in [-0.15, -0.1) is 0 Å². The lowest BCUT2D eigenvalue weighted by Gasteiger charge is -1.80. The third-order valence-corrected chi connectivity index (χ3v) is 2.72. The molecule has 0 saturated heterocycles. The Morgan fingerprint density at radius 1 is 1.40 bits per heavy atom. The number of carbonyl (C=O) groups is 1. The topological polar surface area (TPSA) is 30.0 Å². The van der Waals surface area contributed by atoms with Crippen LogP contribution in [0.3, 0.4) is 0 Å². The van der Waals surface area contributed by atoms with Crippen molar-refractivity contribution in [2.24, 2.45) is 0 Å². The predicted molar refractivity (Wildman–Crippen MR) is 65.2 cm³/mol. The molecule has 0 aliphatic carbocycles. The fourth-order valence-corrected chi connectivity index (χ4v) is 1.74. The first-order valence-corrected chi connectivity index (χ1v) is 5.89. The largest absolute Gasteiger partial charge is 0.303 e. The van der Waals surface area contributed by atoms with Crippen LogP contribution in [-0.4, -0.2) is 10.7 Å². The van der Waals surface area contributed by atoms with Crippen molar-refractivity contribution >= 4 is 27.9 Å². The number of hydrogen-bond donors (Lipinski definition) is 0. The van der Waals surface area contributed by atoms with Crippen LogP contribution >= 0.6 is 11.5 Å². The lowest BCUT2D eigenvalue weighted by atomic mass is 10.3. The summed E-state index contributed by atoms with van der Waals surface area (Å²) >= 11 is 1.54. The molecular formula is C12H15NOS. The van der Waals surface area contributed by atoms with Gasteiger partial charge in [0.05, 0.1) is 4.70 Å². The molecule has 0 amide bonds. The van der Waals surface area contributed by atoms with Crippen molar-refractivity contribution in [3.8, 4) is 0 Å². The van der Waals surface area contributed by atoms with E-state index in [1.807, 2.05) is 18.3 Å². The van der Waals surface area contributed by atoms with Crippen molar-refractivity contribution in [1.29, 1.82) is 0 Å². The van der Waals surface area contributed by atoms with Crippen LogP contribution in [-0.2, 0) is 4.79 Å². The van der Waals surface area contributed by atoms with Gasteiger partial charge in [-0.25, -0.2) is 0 Å². The van der Waals surface area contributed by atoms with Crippen molar-refractivity contribution in [3.05, 3.63) is 30.5 Å². The summed E-state index contributed by atoms with van der Waals surface area (Å²) < 4.78 is 5.30. The number of fused-ring (bicyclic) bond motifs is 1. The molecule has 0 atom stereocenters. The normalized spacial score (nSPS) is 9.40. The summed E-state index contributed by atoms with van der Waals surface area (Å²) in [6.07, 6.45) is 5.75. The molecule has 80 valence electrons. The molecule has 1 aromatic carbocycles. The average molecular weight is 221 g/mol. The van der Waals surface area contributed by atoms with Gasteiger partial charge >= 0.3 is 0 Å². The summed E-state index contributed by atoms with van der Waals surface area (Å²) in [5.74, 6) is 0. The van der Waals surface area contributed by atoms with E-state index in [1.165, 1.54) is 21.6 Å². The Bertz CT molecular complexity index is 367. The highest BCUT2D eigenvalue weighted by Crippen LogP contribution is 2.15. The van der Waals surface area contributed by atoms with Gasteiger partial charge in [-0.1, -0.05) is 31.5 Å². The summed E-state index contributed by atoms with van der Waals surface area (Å²) in [5, 5.41) is 1.24. The van der Waals surface area contributed by atoms with Crippen LogP contribution in [0.25, 0.3) is 10.1 Å². The average Bonchev–Trinajstić information content (AvgIpc) is 2.75. The number of aromatic nitrogens is 1. The minimum atomic E-state index is 0.733. The zero-order valence-corrected chi connectivity index (χ0v) is 9.67. The van der Waals surface area contributed by atoms with Crippen LogP contribution in [0.15, 0.2) is 30.5 Å². The quantitative estimate of drug-likeness (QED) is 0.584. The van der Waals surface area contributed by atoms with Gasteiger partial charge < -0.3 is 4.79 Å². The molecule has 2 rings (SSSR count). The van der Waals surface area contributed by atoms with E-state index in [4.69, 9.17) is 0 Å². The molecule has 0 fully saturated rings. The summed E-state index contributed by atoms with van der Waals surface area (Å²) in [4.78, 5) is 9.56. The van der Waals surface area contributed by atoms with Crippen molar-refractivity contribution in [3.63, 3.8) is 0 Å². The monoisotopic (exact) mass is 221 g/mol. The van der Waals surface area contributed by atoms with Crippen LogP contribution in [0.2, 0.25) is 0 Å². The summed E-state index contributed by atoms with van der Waals surface area (Å²) in [6.45, 7) is 2.07. The summed E-state index contributed by atoms with van der Waals surface area (Å²) in [7, 11) is 0. The Morgan fingerprint density at radius 2 is 2.20 bits per heavy atom. The van der Waals surface area contributed by atoms with Crippen molar-refractivity contribution in [1.82, 2.24) is 4.37 Å². The Labute approximate surface area is 94.1 Å². The van der Waals surface area contributed by atoms with Crippen molar-refractivity contribution < 1.29 is 4.79 Å². The maximum atomic E-state index is 9.56. The number of unbranched alkanes of at least 4 members (excludes halogenated alkanes) is 2. The molecule has 0 saturated carbocycles. The van der Waals surface area contributed by atoms with Crippen LogP contribution in [0.1, 0.15) is 26.2 Å². The number of nitrogens with zero attached hydrogens (tertiary/aromatic N) is 1. The highest BCUT2D eigenvalue weighted by molar-refractivity contribution is 7.13. The number of hydrogen-bond acceptors (Lipinski definition) is 3. The molecule has 0 unspecified atom stereocenters. The van der Waals surface area contributed by atoms with Gasteiger partial charge in [0.1, 0.15) is 6.29 Å². The van der Waals surface area contributed by atoms with Crippen molar-refractivity contribution in [2.75, 3.05) is 0 Å². The number of benzene rings is 1. The SMILES string of the molecule is CCCCC=O.c1ccc2sncc2c1. The Morgan fingerprint density at radius 3 is 2.80 bits per heavy atom. The number of carbonyl (C=O) groups excluding carboxylic acids is 1. The van der Waals surface area contributed by atoms with E-state index in [-0.39, 0.29) is 0 Å². The molecule has 0 aliphatic heterocycles. The lowest BCUT2D eigenvalue weighted by Crippen LogP contribution is -1.70. The van der Waals surface area contributed by atoms with E-state index in [2.05, 4.69) is 23.4 Å². The summed E-state index contributed by atoms with van der Waals surface area (Å²) in [6, 6.07) is 8.20. The molecule has 0 radical (unpaired) electrons. The van der Waals surface area contributed by atoms with Gasteiger partial charge in [-0.05, 0) is 24.0 Å². The molecule has 1 aromatic heterocycles. The molecule has 0 spiro atoms. The fourth-order valence-electron chi connectivity index (χ4n) is 1.10. The van der Waals surface area contributed by atoms with Gasteiger partial charge in [-0.3, -0.25) is 0 Å².